The Morgan fingerprint density at radius 3 is 2.46 bits per heavy atom. The number of amides is 1. The number of fused-ring (bicyclic) bond motifs is 1. The lowest BCUT2D eigenvalue weighted by Gasteiger charge is -2.31. The van der Waals surface area contributed by atoms with E-state index < -0.39 is 47.1 Å². The van der Waals surface area contributed by atoms with E-state index in [9.17, 15) is 33.8 Å². The lowest BCUT2D eigenvalue weighted by Crippen LogP contribution is -2.56. The molecule has 1 aliphatic heterocycles. The first kappa shape index (κ1) is 26.6. The minimum absolute atomic E-state index is 0.0253. The van der Waals surface area contributed by atoms with Crippen LogP contribution in [0.3, 0.4) is 0 Å². The van der Waals surface area contributed by atoms with Crippen molar-refractivity contribution in [1.29, 1.82) is 0 Å². The van der Waals surface area contributed by atoms with Crippen molar-refractivity contribution in [2.24, 2.45) is 0 Å². The van der Waals surface area contributed by atoms with Crippen LogP contribution < -0.4 is 16.0 Å². The zero-order chi connectivity index (χ0) is 27.2. The molecule has 1 amide bonds. The summed E-state index contributed by atoms with van der Waals surface area (Å²) in [6, 6.07) is 3.57. The molecule has 1 fully saturated rings. The number of carboxylic acid groups (broad SMARTS) is 1. The third-order valence-corrected chi connectivity index (χ3v) is 8.09. The van der Waals surface area contributed by atoms with Crippen molar-refractivity contribution in [3.63, 3.8) is 0 Å². The molecule has 12 heteroatoms. The van der Waals surface area contributed by atoms with Crippen LogP contribution in [-0.2, 0) is 16.9 Å². The number of thiophene rings is 1. The fraction of sp³-hybridized carbons (Fsp3) is 0.440. The second-order valence-electron chi connectivity index (χ2n) is 9.54. The van der Waals surface area contributed by atoms with Crippen LogP contribution in [0.15, 0.2) is 27.8 Å². The summed E-state index contributed by atoms with van der Waals surface area (Å²) in [5.74, 6) is -2.13. The number of benzene rings is 1. The SMILES string of the molecule is COc1ccc(F)cc1C(O)Cn1c(=O)n(C(C)(C)C(=O)N2CCCC2)c(=O)c2c(C)c(C(=O)O)sc21. The van der Waals surface area contributed by atoms with Gasteiger partial charge < -0.3 is 19.8 Å². The Balaban J connectivity index is 1.97. The molecule has 0 spiro atoms. The van der Waals surface area contributed by atoms with Gasteiger partial charge in [-0.05, 0) is 57.4 Å². The van der Waals surface area contributed by atoms with Gasteiger partial charge in [-0.15, -0.1) is 11.3 Å². The zero-order valence-electron chi connectivity index (χ0n) is 20.9. The van der Waals surface area contributed by atoms with E-state index >= 15 is 0 Å². The smallest absolute Gasteiger partial charge is 0.346 e. The Morgan fingerprint density at radius 2 is 1.86 bits per heavy atom. The molecule has 0 radical (unpaired) electrons. The summed E-state index contributed by atoms with van der Waals surface area (Å²) < 4.78 is 21.1. The van der Waals surface area contributed by atoms with Crippen LogP contribution in [0.4, 0.5) is 4.39 Å². The average molecular weight is 534 g/mol. The van der Waals surface area contributed by atoms with Crippen LogP contribution in [0.1, 0.15) is 53.6 Å². The normalized spacial score (nSPS) is 14.8. The number of aliphatic hydroxyl groups excluding tert-OH is 1. The maximum absolute atomic E-state index is 14.0. The summed E-state index contributed by atoms with van der Waals surface area (Å²) in [7, 11) is 1.35. The van der Waals surface area contributed by atoms with Gasteiger partial charge in [-0.1, -0.05) is 0 Å². The van der Waals surface area contributed by atoms with Crippen molar-refractivity contribution >= 4 is 33.4 Å². The molecule has 2 N–H and O–H groups in total. The number of likely N-dealkylation sites (tertiary alicyclic amines) is 1. The zero-order valence-corrected chi connectivity index (χ0v) is 21.7. The molecule has 2 aromatic heterocycles. The van der Waals surface area contributed by atoms with E-state index in [-0.39, 0.29) is 32.0 Å². The van der Waals surface area contributed by atoms with Gasteiger partial charge in [0.15, 0.2) is 0 Å². The number of hydrogen-bond donors (Lipinski definition) is 2. The van der Waals surface area contributed by atoms with E-state index in [1.165, 1.54) is 33.9 Å². The van der Waals surface area contributed by atoms with Crippen LogP contribution in [0, 0.1) is 12.7 Å². The van der Waals surface area contributed by atoms with E-state index in [4.69, 9.17) is 4.74 Å². The highest BCUT2D eigenvalue weighted by Gasteiger charge is 2.39. The van der Waals surface area contributed by atoms with Gasteiger partial charge in [-0.2, -0.15) is 0 Å². The fourth-order valence-electron chi connectivity index (χ4n) is 4.84. The number of carbonyl (C=O) groups excluding carboxylic acids is 1. The monoisotopic (exact) mass is 533 g/mol. The average Bonchev–Trinajstić information content (AvgIpc) is 3.49. The maximum atomic E-state index is 14.0. The van der Waals surface area contributed by atoms with Crippen molar-refractivity contribution in [1.82, 2.24) is 14.0 Å². The number of carboxylic acids is 1. The van der Waals surface area contributed by atoms with E-state index in [1.54, 1.807) is 4.90 Å². The second-order valence-corrected chi connectivity index (χ2v) is 10.5. The molecule has 1 unspecified atom stereocenters. The highest BCUT2D eigenvalue weighted by atomic mass is 32.1. The summed E-state index contributed by atoms with van der Waals surface area (Å²) in [4.78, 5) is 54.3. The number of aromatic nitrogens is 2. The van der Waals surface area contributed by atoms with Crippen LogP contribution in [0.5, 0.6) is 5.75 Å². The van der Waals surface area contributed by atoms with Crippen molar-refractivity contribution in [3.05, 3.63) is 60.9 Å². The highest BCUT2D eigenvalue weighted by molar-refractivity contribution is 7.20. The molecule has 1 aromatic carbocycles. The number of carbonyl (C=O) groups is 2. The number of nitrogens with zero attached hydrogens (tertiary/aromatic N) is 3. The number of rotatable bonds is 7. The highest BCUT2D eigenvalue weighted by Crippen LogP contribution is 2.32. The second kappa shape index (κ2) is 9.75. The predicted molar refractivity (Wildman–Crippen MR) is 135 cm³/mol. The molecule has 0 bridgehead atoms. The molecule has 0 aliphatic carbocycles. The molecule has 0 saturated carbocycles. The van der Waals surface area contributed by atoms with Crippen LogP contribution in [0.2, 0.25) is 0 Å². The summed E-state index contributed by atoms with van der Waals surface area (Å²) in [6.07, 6.45) is 0.172. The van der Waals surface area contributed by atoms with Crippen LogP contribution in [-0.4, -0.2) is 56.3 Å². The van der Waals surface area contributed by atoms with E-state index in [0.717, 1.165) is 45.4 Å². The van der Waals surface area contributed by atoms with Crippen LogP contribution >= 0.6 is 11.3 Å². The molecule has 37 heavy (non-hydrogen) atoms. The van der Waals surface area contributed by atoms with Gasteiger partial charge in [0.25, 0.3) is 5.56 Å². The maximum Gasteiger partial charge on any atom is 0.346 e. The Hall–Kier alpha value is -3.51. The number of ether oxygens (including phenoxy) is 1. The van der Waals surface area contributed by atoms with Gasteiger partial charge in [0.2, 0.25) is 5.91 Å². The van der Waals surface area contributed by atoms with Crippen molar-refractivity contribution in [2.75, 3.05) is 20.2 Å². The summed E-state index contributed by atoms with van der Waals surface area (Å²) in [5, 5.41) is 20.7. The first-order valence-electron chi connectivity index (χ1n) is 11.7. The van der Waals surface area contributed by atoms with Crippen molar-refractivity contribution < 1.29 is 28.9 Å². The van der Waals surface area contributed by atoms with Gasteiger partial charge in [-0.25, -0.2) is 18.5 Å². The minimum atomic E-state index is -1.59. The first-order valence-corrected chi connectivity index (χ1v) is 12.5. The number of halogens is 1. The summed E-state index contributed by atoms with van der Waals surface area (Å²) in [5.41, 5.74) is -3.04. The molecule has 198 valence electrons. The molecule has 3 heterocycles. The molecule has 1 atom stereocenters. The van der Waals surface area contributed by atoms with Gasteiger partial charge in [-0.3, -0.25) is 14.2 Å². The molecular formula is C25H28FN3O7S. The molecule has 1 saturated heterocycles. The Morgan fingerprint density at radius 1 is 1.22 bits per heavy atom. The van der Waals surface area contributed by atoms with E-state index in [1.807, 2.05) is 0 Å². The van der Waals surface area contributed by atoms with E-state index in [2.05, 4.69) is 0 Å². The lowest BCUT2D eigenvalue weighted by molar-refractivity contribution is -0.138. The summed E-state index contributed by atoms with van der Waals surface area (Å²) in [6.45, 7) is 4.97. The lowest BCUT2D eigenvalue weighted by atomic mass is 10.0. The topological polar surface area (TPSA) is 131 Å². The molecular weight excluding hydrogens is 505 g/mol. The first-order chi connectivity index (χ1) is 17.4. The Labute approximate surface area is 215 Å². The van der Waals surface area contributed by atoms with Gasteiger partial charge in [0.1, 0.15) is 32.9 Å². The third kappa shape index (κ3) is 4.44. The Bertz CT molecular complexity index is 1520. The number of methoxy groups -OCH3 is 1. The third-order valence-electron chi connectivity index (χ3n) is 6.79. The standard InChI is InChI=1S/C25H28FN3O7S/c1-13-18-20(31)29(25(2,3)23(34)27-9-5-6-10-27)24(35)28(21(18)37-19(13)22(32)33)12-16(30)15-11-14(26)7-8-17(15)36-4/h7-8,11,16,30H,5-6,9-10,12H2,1-4H3,(H,32,33). The Kier molecular flexibility index (Phi) is 6.99. The fourth-order valence-corrected chi connectivity index (χ4v) is 5.99. The molecule has 1 aliphatic rings. The number of hydrogen-bond acceptors (Lipinski definition) is 7. The number of aryl methyl sites for hydroxylation is 1. The number of aromatic carboxylic acids is 1. The largest absolute Gasteiger partial charge is 0.496 e. The van der Waals surface area contributed by atoms with Gasteiger partial charge in [0.05, 0.1) is 19.0 Å². The quantitative estimate of drug-likeness (QED) is 0.477. The molecule has 3 aromatic rings. The van der Waals surface area contributed by atoms with Crippen LogP contribution in [0.25, 0.3) is 10.2 Å². The van der Waals surface area contributed by atoms with Crippen molar-refractivity contribution in [2.45, 2.75) is 51.8 Å². The predicted octanol–water partition coefficient (Wildman–Crippen LogP) is 2.47. The molecule has 4 rings (SSSR count). The van der Waals surface area contributed by atoms with E-state index in [0.29, 0.717) is 13.1 Å². The summed E-state index contributed by atoms with van der Waals surface area (Å²) >= 11 is 0.729. The van der Waals surface area contributed by atoms with Gasteiger partial charge in [0, 0.05) is 18.7 Å². The number of aliphatic hydroxyl groups is 1. The molecule has 10 nitrogen and oxygen atoms in total. The van der Waals surface area contributed by atoms with Crippen molar-refractivity contribution in [3.8, 4) is 5.75 Å². The van der Waals surface area contributed by atoms with Gasteiger partial charge >= 0.3 is 11.7 Å². The minimum Gasteiger partial charge on any atom is -0.496 e.